The summed E-state index contributed by atoms with van der Waals surface area (Å²) in [5, 5.41) is 6.84. The SMILES string of the molecule is O=C(c1ccc(C(F)(F)F)cc1)N1CCCC(c2ccn[nH]2)C1. The number of rotatable bonds is 2. The second-order valence-electron chi connectivity index (χ2n) is 5.68. The van der Waals surface area contributed by atoms with Gasteiger partial charge in [-0.1, -0.05) is 0 Å². The number of nitrogens with zero attached hydrogens (tertiary/aromatic N) is 2. The number of carbonyl (C=O) groups is 1. The fourth-order valence-corrected chi connectivity index (χ4v) is 2.89. The fourth-order valence-electron chi connectivity index (χ4n) is 2.89. The van der Waals surface area contributed by atoms with Gasteiger partial charge in [-0.25, -0.2) is 0 Å². The van der Waals surface area contributed by atoms with Crippen LogP contribution in [0.15, 0.2) is 36.5 Å². The lowest BCUT2D eigenvalue weighted by molar-refractivity contribution is -0.137. The van der Waals surface area contributed by atoms with Crippen LogP contribution in [-0.2, 0) is 6.18 Å². The number of nitrogens with one attached hydrogen (secondary N) is 1. The normalized spacial score (nSPS) is 18.9. The molecule has 1 atom stereocenters. The molecule has 4 nitrogen and oxygen atoms in total. The number of alkyl halides is 3. The van der Waals surface area contributed by atoms with Gasteiger partial charge in [-0.15, -0.1) is 0 Å². The Morgan fingerprint density at radius 1 is 1.22 bits per heavy atom. The van der Waals surface area contributed by atoms with Crippen LogP contribution < -0.4 is 0 Å². The molecule has 0 spiro atoms. The van der Waals surface area contributed by atoms with E-state index in [9.17, 15) is 18.0 Å². The van der Waals surface area contributed by atoms with Crippen molar-refractivity contribution in [2.24, 2.45) is 0 Å². The molecule has 0 aliphatic carbocycles. The number of piperidine rings is 1. The maximum absolute atomic E-state index is 12.6. The van der Waals surface area contributed by atoms with Crippen LogP contribution in [0.1, 0.15) is 40.4 Å². The van der Waals surface area contributed by atoms with Crippen molar-refractivity contribution in [2.45, 2.75) is 24.9 Å². The average Bonchev–Trinajstić information content (AvgIpc) is 3.08. The summed E-state index contributed by atoms with van der Waals surface area (Å²) in [5.74, 6) is -0.0485. The first-order valence-electron chi connectivity index (χ1n) is 7.41. The quantitative estimate of drug-likeness (QED) is 0.920. The summed E-state index contributed by atoms with van der Waals surface area (Å²) in [6, 6.07) is 6.26. The Hall–Kier alpha value is -2.31. The Kier molecular flexibility index (Phi) is 4.11. The molecule has 1 aliphatic heterocycles. The van der Waals surface area contributed by atoms with E-state index in [1.165, 1.54) is 12.1 Å². The summed E-state index contributed by atoms with van der Waals surface area (Å²) in [7, 11) is 0. The molecule has 1 saturated heterocycles. The van der Waals surface area contributed by atoms with Crippen LogP contribution in [0.4, 0.5) is 13.2 Å². The summed E-state index contributed by atoms with van der Waals surface area (Å²) in [6.45, 7) is 1.16. The van der Waals surface area contributed by atoms with Crippen molar-refractivity contribution >= 4 is 5.91 Å². The maximum Gasteiger partial charge on any atom is 0.416 e. The molecule has 0 saturated carbocycles. The zero-order valence-electron chi connectivity index (χ0n) is 12.3. The van der Waals surface area contributed by atoms with Crippen molar-refractivity contribution in [3.8, 4) is 0 Å². The molecule has 1 N–H and O–H groups in total. The van der Waals surface area contributed by atoms with Crippen LogP contribution in [0.3, 0.4) is 0 Å². The third-order valence-corrected chi connectivity index (χ3v) is 4.13. The predicted octanol–water partition coefficient (Wildman–Crippen LogP) is 3.45. The van der Waals surface area contributed by atoms with Crippen molar-refractivity contribution in [3.05, 3.63) is 53.3 Å². The second-order valence-corrected chi connectivity index (χ2v) is 5.68. The van der Waals surface area contributed by atoms with Crippen LogP contribution in [0, 0.1) is 0 Å². The number of halogens is 3. The molecule has 1 aromatic heterocycles. The minimum absolute atomic E-state index is 0.185. The highest BCUT2D eigenvalue weighted by Gasteiger charge is 2.31. The zero-order chi connectivity index (χ0) is 16.4. The van der Waals surface area contributed by atoms with Crippen LogP contribution >= 0.6 is 0 Å². The van der Waals surface area contributed by atoms with E-state index in [2.05, 4.69) is 10.2 Å². The molecule has 2 heterocycles. The lowest BCUT2D eigenvalue weighted by atomic mass is 9.94. The second kappa shape index (κ2) is 6.06. The van der Waals surface area contributed by atoms with Gasteiger partial charge >= 0.3 is 6.18 Å². The molecule has 0 bridgehead atoms. The molecule has 1 unspecified atom stereocenters. The summed E-state index contributed by atoms with van der Waals surface area (Å²) in [5.41, 5.74) is 0.515. The minimum atomic E-state index is -4.39. The van der Waals surface area contributed by atoms with E-state index >= 15 is 0 Å². The number of carbonyl (C=O) groups excluding carboxylic acids is 1. The lowest BCUT2D eigenvalue weighted by Crippen LogP contribution is -2.39. The van der Waals surface area contributed by atoms with Crippen molar-refractivity contribution in [3.63, 3.8) is 0 Å². The summed E-state index contributed by atoms with van der Waals surface area (Å²) < 4.78 is 37.7. The summed E-state index contributed by atoms with van der Waals surface area (Å²) in [4.78, 5) is 14.2. The van der Waals surface area contributed by atoms with Gasteiger partial charge in [-0.05, 0) is 43.2 Å². The molecular weight excluding hydrogens is 307 g/mol. The molecule has 0 radical (unpaired) electrons. The number of likely N-dealkylation sites (tertiary alicyclic amines) is 1. The number of aromatic nitrogens is 2. The topological polar surface area (TPSA) is 49.0 Å². The molecule has 1 fully saturated rings. The van der Waals surface area contributed by atoms with Gasteiger partial charge in [0.2, 0.25) is 0 Å². The van der Waals surface area contributed by atoms with Crippen LogP contribution in [0.2, 0.25) is 0 Å². The van der Waals surface area contributed by atoms with Crippen LogP contribution in [-0.4, -0.2) is 34.1 Å². The Morgan fingerprint density at radius 3 is 2.57 bits per heavy atom. The van der Waals surface area contributed by atoms with Gasteiger partial charge in [0.05, 0.1) is 5.56 Å². The van der Waals surface area contributed by atoms with E-state index in [1.54, 1.807) is 11.1 Å². The van der Waals surface area contributed by atoms with Crippen molar-refractivity contribution in [2.75, 3.05) is 13.1 Å². The van der Waals surface area contributed by atoms with Gasteiger partial charge in [0.15, 0.2) is 0 Å². The van der Waals surface area contributed by atoms with Crippen LogP contribution in [0.5, 0.6) is 0 Å². The van der Waals surface area contributed by atoms with E-state index in [0.717, 1.165) is 30.7 Å². The molecule has 1 amide bonds. The summed E-state index contributed by atoms with van der Waals surface area (Å²) >= 11 is 0. The van der Waals surface area contributed by atoms with Crippen LogP contribution in [0.25, 0.3) is 0 Å². The van der Waals surface area contributed by atoms with Gasteiger partial charge in [0, 0.05) is 36.5 Å². The third-order valence-electron chi connectivity index (χ3n) is 4.13. The van der Waals surface area contributed by atoms with E-state index in [0.29, 0.717) is 13.1 Å². The molecule has 1 aromatic carbocycles. The number of H-pyrrole nitrogens is 1. The predicted molar refractivity (Wildman–Crippen MR) is 77.9 cm³/mol. The minimum Gasteiger partial charge on any atom is -0.338 e. The molecule has 23 heavy (non-hydrogen) atoms. The zero-order valence-corrected chi connectivity index (χ0v) is 12.3. The molecule has 2 aromatic rings. The third kappa shape index (κ3) is 3.38. The molecule has 3 rings (SSSR count). The van der Waals surface area contributed by atoms with Gasteiger partial charge in [0.1, 0.15) is 0 Å². The number of amides is 1. The maximum atomic E-state index is 12.6. The largest absolute Gasteiger partial charge is 0.416 e. The standard InChI is InChI=1S/C16H16F3N3O/c17-16(18,19)13-5-3-11(4-6-13)15(23)22-9-1-2-12(10-22)14-7-8-20-21-14/h3-8,12H,1-2,9-10H2,(H,20,21). The highest BCUT2D eigenvalue weighted by Crippen LogP contribution is 2.30. The molecule has 122 valence electrons. The Labute approximate surface area is 131 Å². The van der Waals surface area contributed by atoms with Crippen molar-refractivity contribution in [1.29, 1.82) is 0 Å². The Balaban J connectivity index is 1.72. The van der Waals surface area contributed by atoms with Crippen molar-refractivity contribution in [1.82, 2.24) is 15.1 Å². The van der Waals surface area contributed by atoms with Crippen molar-refractivity contribution < 1.29 is 18.0 Å². The van der Waals surface area contributed by atoms with Gasteiger partial charge < -0.3 is 4.90 Å². The first kappa shape index (κ1) is 15.6. The lowest BCUT2D eigenvalue weighted by Gasteiger charge is -2.32. The van der Waals surface area contributed by atoms with E-state index < -0.39 is 11.7 Å². The first-order chi connectivity index (χ1) is 10.9. The van der Waals surface area contributed by atoms with Gasteiger partial charge in [-0.2, -0.15) is 18.3 Å². The fraction of sp³-hybridized carbons (Fsp3) is 0.375. The van der Waals surface area contributed by atoms with E-state index in [1.807, 2.05) is 6.07 Å². The number of benzene rings is 1. The number of hydrogen-bond donors (Lipinski definition) is 1. The first-order valence-corrected chi connectivity index (χ1v) is 7.41. The van der Waals surface area contributed by atoms with Gasteiger partial charge in [0.25, 0.3) is 5.91 Å². The van der Waals surface area contributed by atoms with E-state index in [4.69, 9.17) is 0 Å². The Morgan fingerprint density at radius 2 is 1.96 bits per heavy atom. The highest BCUT2D eigenvalue weighted by atomic mass is 19.4. The summed E-state index contributed by atoms with van der Waals surface area (Å²) in [6.07, 6.45) is -0.903. The monoisotopic (exact) mass is 323 g/mol. The highest BCUT2D eigenvalue weighted by molar-refractivity contribution is 5.94. The smallest absolute Gasteiger partial charge is 0.338 e. The molecule has 7 heteroatoms. The Bertz CT molecular complexity index is 665. The number of aromatic amines is 1. The molecular formula is C16H16F3N3O. The van der Waals surface area contributed by atoms with Gasteiger partial charge in [-0.3, -0.25) is 9.89 Å². The number of hydrogen-bond acceptors (Lipinski definition) is 2. The van der Waals surface area contributed by atoms with E-state index in [-0.39, 0.29) is 17.4 Å². The molecule has 1 aliphatic rings. The average molecular weight is 323 g/mol.